The Hall–Kier alpha value is -0.223. The van der Waals surface area contributed by atoms with Crippen LogP contribution in [-0.4, -0.2) is 43.4 Å². The van der Waals surface area contributed by atoms with Crippen molar-refractivity contribution in [1.29, 1.82) is 0 Å². The molecule has 0 heterocycles. The predicted molar refractivity (Wildman–Crippen MR) is 97.1 cm³/mol. The number of unbranched alkanes of at least 4 members (excludes halogenated alkanes) is 4. The van der Waals surface area contributed by atoms with Crippen molar-refractivity contribution in [3.63, 3.8) is 0 Å². The van der Waals surface area contributed by atoms with Gasteiger partial charge in [0.05, 0.1) is 0 Å². The van der Waals surface area contributed by atoms with Crippen molar-refractivity contribution in [3.8, 4) is 0 Å². The molecule has 0 aliphatic carbocycles. The summed E-state index contributed by atoms with van der Waals surface area (Å²) in [5, 5.41) is 0. The van der Waals surface area contributed by atoms with Gasteiger partial charge in [-0.3, -0.25) is 0 Å². The third-order valence-corrected chi connectivity index (χ3v) is 3.76. The van der Waals surface area contributed by atoms with Crippen LogP contribution in [0.3, 0.4) is 0 Å². The van der Waals surface area contributed by atoms with Crippen LogP contribution in [0, 0.1) is 6.42 Å². The van der Waals surface area contributed by atoms with E-state index < -0.39 is 0 Å². The molecule has 21 heavy (non-hydrogen) atoms. The van der Waals surface area contributed by atoms with Gasteiger partial charge in [-0.05, 0) is 57.3 Å². The van der Waals surface area contributed by atoms with Gasteiger partial charge in [0.15, 0.2) is 0 Å². The topological polar surface area (TPSA) is 3.24 Å². The van der Waals surface area contributed by atoms with E-state index in [1.54, 1.807) is 0 Å². The van der Waals surface area contributed by atoms with Crippen LogP contribution in [0.5, 0.6) is 0 Å². The second-order valence-electron chi connectivity index (χ2n) is 5.66. The molecular weight excluding hydrogens is 249 g/mol. The van der Waals surface area contributed by atoms with E-state index in [0.717, 1.165) is 0 Å². The summed E-state index contributed by atoms with van der Waals surface area (Å²) < 4.78 is 0. The van der Waals surface area contributed by atoms with Crippen LogP contribution in [0.2, 0.25) is 0 Å². The SMILES string of the molecule is CCCCN(CCCC)CCCC[CH]c1ccccc1.[LiH]. The molecule has 0 N–H and O–H groups in total. The fourth-order valence-corrected chi connectivity index (χ4v) is 2.44. The molecule has 0 aromatic heterocycles. The number of hydrogen-bond acceptors (Lipinski definition) is 1. The van der Waals surface area contributed by atoms with E-state index in [1.807, 2.05) is 0 Å². The summed E-state index contributed by atoms with van der Waals surface area (Å²) in [6.07, 6.45) is 11.5. The van der Waals surface area contributed by atoms with Crippen molar-refractivity contribution in [2.75, 3.05) is 19.6 Å². The first-order valence-electron chi connectivity index (χ1n) is 8.47. The quantitative estimate of drug-likeness (QED) is 0.398. The molecule has 0 bridgehead atoms. The predicted octanol–water partition coefficient (Wildman–Crippen LogP) is 4.66. The van der Waals surface area contributed by atoms with Gasteiger partial charge in [0, 0.05) is 0 Å². The zero-order chi connectivity index (χ0) is 14.5. The first-order valence-corrected chi connectivity index (χ1v) is 8.47. The molecule has 115 valence electrons. The fraction of sp³-hybridized carbons (Fsp3) is 0.632. The summed E-state index contributed by atoms with van der Waals surface area (Å²) >= 11 is 0. The average Bonchev–Trinajstić information content (AvgIpc) is 2.50. The molecule has 0 atom stereocenters. The van der Waals surface area contributed by atoms with Crippen LogP contribution >= 0.6 is 0 Å². The van der Waals surface area contributed by atoms with E-state index in [2.05, 4.69) is 55.5 Å². The summed E-state index contributed by atoms with van der Waals surface area (Å²) in [5.41, 5.74) is 1.36. The number of rotatable bonds is 12. The molecular formula is C19H33LiN. The van der Waals surface area contributed by atoms with Crippen molar-refractivity contribution in [1.82, 2.24) is 4.90 Å². The Balaban J connectivity index is 0.00000400. The molecule has 0 amide bonds. The van der Waals surface area contributed by atoms with Crippen molar-refractivity contribution in [3.05, 3.63) is 42.3 Å². The fourth-order valence-electron chi connectivity index (χ4n) is 2.44. The van der Waals surface area contributed by atoms with Gasteiger partial charge in [0.2, 0.25) is 0 Å². The first-order chi connectivity index (χ1) is 9.86. The van der Waals surface area contributed by atoms with Crippen LogP contribution in [0.4, 0.5) is 0 Å². The van der Waals surface area contributed by atoms with Gasteiger partial charge < -0.3 is 4.90 Å². The van der Waals surface area contributed by atoms with Crippen molar-refractivity contribution < 1.29 is 0 Å². The van der Waals surface area contributed by atoms with E-state index in [1.165, 1.54) is 70.1 Å². The molecule has 0 spiro atoms. The molecule has 2 heteroatoms. The third-order valence-electron chi connectivity index (χ3n) is 3.76. The van der Waals surface area contributed by atoms with Gasteiger partial charge in [-0.2, -0.15) is 0 Å². The average molecular weight is 282 g/mol. The number of benzene rings is 1. The molecule has 0 aliphatic heterocycles. The zero-order valence-corrected chi connectivity index (χ0v) is 13.5. The first kappa shape index (κ1) is 20.8. The Labute approximate surface area is 144 Å². The molecule has 0 saturated heterocycles. The van der Waals surface area contributed by atoms with Crippen LogP contribution in [0.15, 0.2) is 30.3 Å². The standard InChI is InChI=1S/C19H32N.Li.H/c1-3-5-16-20(17-6-4-2)18-12-8-11-15-19-13-9-7-10-14-19;;/h7,9-10,13-15H,3-6,8,11-12,16-18H2,1-2H3;;. The molecule has 0 saturated carbocycles. The Bertz CT molecular complexity index is 305. The van der Waals surface area contributed by atoms with E-state index in [4.69, 9.17) is 0 Å². The molecule has 1 aromatic carbocycles. The van der Waals surface area contributed by atoms with Gasteiger partial charge in [0.1, 0.15) is 0 Å². The Morgan fingerprint density at radius 2 is 1.38 bits per heavy atom. The Morgan fingerprint density at radius 1 is 0.810 bits per heavy atom. The normalized spacial score (nSPS) is 10.6. The van der Waals surface area contributed by atoms with Crippen LogP contribution in [0.1, 0.15) is 64.4 Å². The van der Waals surface area contributed by atoms with E-state index in [0.29, 0.717) is 0 Å². The zero-order valence-electron chi connectivity index (χ0n) is 13.5. The second-order valence-corrected chi connectivity index (χ2v) is 5.66. The molecule has 1 aromatic rings. The van der Waals surface area contributed by atoms with Gasteiger partial charge in [0.25, 0.3) is 0 Å². The summed E-state index contributed by atoms with van der Waals surface area (Å²) in [5.74, 6) is 0. The third kappa shape index (κ3) is 11.1. The summed E-state index contributed by atoms with van der Waals surface area (Å²) in [4.78, 5) is 2.66. The number of nitrogens with zero attached hydrogens (tertiary/aromatic N) is 1. The van der Waals surface area contributed by atoms with E-state index >= 15 is 0 Å². The van der Waals surface area contributed by atoms with Crippen molar-refractivity contribution in [2.45, 2.75) is 58.8 Å². The van der Waals surface area contributed by atoms with Crippen molar-refractivity contribution >= 4 is 18.9 Å². The summed E-state index contributed by atoms with van der Waals surface area (Å²) in [7, 11) is 0. The van der Waals surface area contributed by atoms with Gasteiger partial charge in [-0.1, -0.05) is 63.4 Å². The molecule has 1 radical (unpaired) electrons. The van der Waals surface area contributed by atoms with Gasteiger partial charge in [-0.25, -0.2) is 0 Å². The molecule has 1 rings (SSSR count). The van der Waals surface area contributed by atoms with Crippen LogP contribution in [0.25, 0.3) is 0 Å². The van der Waals surface area contributed by atoms with E-state index in [-0.39, 0.29) is 18.9 Å². The van der Waals surface area contributed by atoms with Crippen LogP contribution in [-0.2, 0) is 0 Å². The molecule has 0 unspecified atom stereocenters. The molecule has 0 aliphatic rings. The molecule has 0 fully saturated rings. The van der Waals surface area contributed by atoms with E-state index in [9.17, 15) is 0 Å². The number of hydrogen-bond donors (Lipinski definition) is 0. The van der Waals surface area contributed by atoms with Gasteiger partial charge in [-0.15, -0.1) is 0 Å². The Kier molecular flexibility index (Phi) is 14.5. The molecule has 1 nitrogen and oxygen atoms in total. The second kappa shape index (κ2) is 14.7. The summed E-state index contributed by atoms with van der Waals surface area (Å²) in [6, 6.07) is 10.7. The minimum absolute atomic E-state index is 0. The monoisotopic (exact) mass is 282 g/mol. The maximum atomic E-state index is 2.66. The van der Waals surface area contributed by atoms with Gasteiger partial charge >= 0.3 is 18.9 Å². The van der Waals surface area contributed by atoms with Crippen molar-refractivity contribution in [2.24, 2.45) is 0 Å². The van der Waals surface area contributed by atoms with Crippen LogP contribution < -0.4 is 0 Å². The maximum absolute atomic E-state index is 2.66. The minimum atomic E-state index is 0. The Morgan fingerprint density at radius 3 is 1.95 bits per heavy atom. The summed E-state index contributed by atoms with van der Waals surface area (Å²) in [6.45, 7) is 8.43.